The predicted octanol–water partition coefficient (Wildman–Crippen LogP) is 3.02. The van der Waals surface area contributed by atoms with E-state index in [1.165, 1.54) is 6.07 Å². The topological polar surface area (TPSA) is 89.6 Å². The minimum Gasteiger partial charge on any atom is -0.341 e. The molecule has 1 saturated heterocycles. The third-order valence-corrected chi connectivity index (χ3v) is 5.08. The molecule has 0 bridgehead atoms. The summed E-state index contributed by atoms with van der Waals surface area (Å²) < 4.78 is 15.0. The molecule has 2 heterocycles. The Labute approximate surface area is 175 Å². The van der Waals surface area contributed by atoms with Crippen LogP contribution >= 0.6 is 0 Å². The van der Waals surface area contributed by atoms with Crippen LogP contribution in [0.5, 0.6) is 0 Å². The molecule has 0 saturated carbocycles. The van der Waals surface area contributed by atoms with Gasteiger partial charge in [0.05, 0.1) is 17.6 Å². The van der Waals surface area contributed by atoms with Crippen molar-refractivity contribution in [3.8, 4) is 0 Å². The molecule has 0 aliphatic carbocycles. The molecule has 8 nitrogen and oxygen atoms in total. The van der Waals surface area contributed by atoms with Crippen LogP contribution in [0.3, 0.4) is 0 Å². The molecule has 3 rings (SSSR count). The van der Waals surface area contributed by atoms with Crippen LogP contribution in [0.15, 0.2) is 36.5 Å². The maximum Gasteiger partial charge on any atom is 0.323 e. The molecule has 4 amide bonds. The lowest BCUT2D eigenvalue weighted by Crippen LogP contribution is -2.55. The fraction of sp³-hybridized carbons (Fsp3) is 0.381. The Hall–Kier alpha value is -3.20. The number of hydrogen-bond acceptors (Lipinski definition) is 4. The Balaban J connectivity index is 1.61. The number of anilines is 2. The van der Waals surface area contributed by atoms with Gasteiger partial charge in [-0.3, -0.25) is 9.88 Å². The summed E-state index contributed by atoms with van der Waals surface area (Å²) in [6.07, 6.45) is 1.54. The quantitative estimate of drug-likeness (QED) is 0.718. The smallest absolute Gasteiger partial charge is 0.323 e. The van der Waals surface area contributed by atoms with Gasteiger partial charge in [0, 0.05) is 50.5 Å². The van der Waals surface area contributed by atoms with Gasteiger partial charge in [0.1, 0.15) is 0 Å². The van der Waals surface area contributed by atoms with Crippen LogP contribution in [0.1, 0.15) is 18.2 Å². The largest absolute Gasteiger partial charge is 0.341 e. The number of carbonyl (C=O) groups excluding carboxylic acids is 2. The van der Waals surface area contributed by atoms with Crippen molar-refractivity contribution in [2.45, 2.75) is 26.4 Å². The van der Waals surface area contributed by atoms with Gasteiger partial charge < -0.3 is 20.9 Å². The summed E-state index contributed by atoms with van der Waals surface area (Å²) in [4.78, 5) is 32.1. The van der Waals surface area contributed by atoms with E-state index in [1.807, 2.05) is 13.8 Å². The van der Waals surface area contributed by atoms with E-state index in [0.717, 1.165) is 5.69 Å². The third kappa shape index (κ3) is 5.24. The highest BCUT2D eigenvalue weighted by Gasteiger charge is 2.27. The van der Waals surface area contributed by atoms with Crippen molar-refractivity contribution < 1.29 is 14.0 Å². The van der Waals surface area contributed by atoms with E-state index in [2.05, 4.69) is 25.8 Å². The Morgan fingerprint density at radius 1 is 1.20 bits per heavy atom. The summed E-state index contributed by atoms with van der Waals surface area (Å²) >= 11 is 0. The number of amides is 4. The first-order chi connectivity index (χ1) is 14.4. The van der Waals surface area contributed by atoms with Gasteiger partial charge in [0.15, 0.2) is 5.82 Å². The minimum atomic E-state index is -0.537. The van der Waals surface area contributed by atoms with Gasteiger partial charge in [0.2, 0.25) is 0 Å². The lowest BCUT2D eigenvalue weighted by atomic mass is 10.1. The van der Waals surface area contributed by atoms with Crippen LogP contribution in [-0.4, -0.2) is 59.6 Å². The molecular formula is C21H27FN6O2. The molecule has 1 aliphatic heterocycles. The van der Waals surface area contributed by atoms with Gasteiger partial charge in [-0.15, -0.1) is 0 Å². The van der Waals surface area contributed by atoms with E-state index < -0.39 is 11.8 Å². The van der Waals surface area contributed by atoms with Gasteiger partial charge in [-0.1, -0.05) is 12.1 Å². The Morgan fingerprint density at radius 3 is 2.67 bits per heavy atom. The predicted molar refractivity (Wildman–Crippen MR) is 114 cm³/mol. The normalized spacial score (nSPS) is 16.8. The molecule has 1 atom stereocenters. The number of benzene rings is 1. The van der Waals surface area contributed by atoms with Crippen LogP contribution in [-0.2, 0) is 6.54 Å². The zero-order valence-electron chi connectivity index (χ0n) is 17.4. The first-order valence-electron chi connectivity index (χ1n) is 9.86. The number of urea groups is 2. The van der Waals surface area contributed by atoms with Gasteiger partial charge in [-0.25, -0.2) is 14.0 Å². The zero-order chi connectivity index (χ0) is 21.7. The van der Waals surface area contributed by atoms with Gasteiger partial charge in [-0.2, -0.15) is 0 Å². The molecule has 1 fully saturated rings. The van der Waals surface area contributed by atoms with E-state index in [9.17, 15) is 14.0 Å². The van der Waals surface area contributed by atoms with E-state index in [1.54, 1.807) is 42.4 Å². The van der Waals surface area contributed by atoms with E-state index in [-0.39, 0.29) is 17.8 Å². The summed E-state index contributed by atoms with van der Waals surface area (Å²) in [5, 5.41) is 7.84. The van der Waals surface area contributed by atoms with E-state index in [0.29, 0.717) is 37.4 Å². The number of nitrogens with one attached hydrogen (secondary N) is 3. The summed E-state index contributed by atoms with van der Waals surface area (Å²) in [5.74, 6) is -0.462. The van der Waals surface area contributed by atoms with Crippen molar-refractivity contribution in [1.82, 2.24) is 20.1 Å². The zero-order valence-corrected chi connectivity index (χ0v) is 17.4. The number of carbonyl (C=O) groups is 2. The first-order valence-corrected chi connectivity index (χ1v) is 9.86. The average Bonchev–Trinajstić information content (AvgIpc) is 2.72. The van der Waals surface area contributed by atoms with Gasteiger partial charge in [0.25, 0.3) is 0 Å². The second kappa shape index (κ2) is 9.53. The van der Waals surface area contributed by atoms with Crippen LogP contribution in [0.4, 0.5) is 25.4 Å². The average molecular weight is 414 g/mol. The number of hydrogen-bond donors (Lipinski definition) is 3. The summed E-state index contributed by atoms with van der Waals surface area (Å²) in [6, 6.07) is 7.84. The lowest BCUT2D eigenvalue weighted by Gasteiger charge is -2.39. The maximum atomic E-state index is 15.0. The molecule has 1 aliphatic rings. The standard InChI is InChI=1S/C21H27FN6O2/c1-14-7-8-17(11-24-14)25-20(29)26-18-6-4-5-16(19(18)22)13-27-9-10-28(15(2)12-27)21(30)23-3/h4-8,11,15H,9-10,12-13H2,1-3H3,(H,23,30)(H2,25,26,29)/t15-/m0/s1. The number of aromatic nitrogens is 1. The van der Waals surface area contributed by atoms with Crippen LogP contribution < -0.4 is 16.0 Å². The highest BCUT2D eigenvalue weighted by molar-refractivity contribution is 5.99. The molecule has 2 aromatic rings. The Bertz CT molecular complexity index is 905. The Morgan fingerprint density at radius 2 is 2.00 bits per heavy atom. The highest BCUT2D eigenvalue weighted by Crippen LogP contribution is 2.21. The summed E-state index contributed by atoms with van der Waals surface area (Å²) in [7, 11) is 1.61. The van der Waals surface area contributed by atoms with Gasteiger partial charge in [-0.05, 0) is 32.0 Å². The van der Waals surface area contributed by atoms with Crippen molar-refractivity contribution >= 4 is 23.4 Å². The maximum absolute atomic E-state index is 15.0. The molecule has 0 spiro atoms. The third-order valence-electron chi connectivity index (χ3n) is 5.08. The monoisotopic (exact) mass is 414 g/mol. The number of halogens is 1. The number of piperazine rings is 1. The van der Waals surface area contributed by atoms with Crippen LogP contribution in [0, 0.1) is 12.7 Å². The molecular weight excluding hydrogens is 387 g/mol. The number of aryl methyl sites for hydroxylation is 1. The lowest BCUT2D eigenvalue weighted by molar-refractivity contribution is 0.0978. The van der Waals surface area contributed by atoms with Crippen molar-refractivity contribution in [1.29, 1.82) is 0 Å². The van der Waals surface area contributed by atoms with Crippen LogP contribution in [0.2, 0.25) is 0 Å². The molecule has 1 aromatic carbocycles. The van der Waals surface area contributed by atoms with Crippen molar-refractivity contribution in [3.63, 3.8) is 0 Å². The second-order valence-electron chi connectivity index (χ2n) is 7.38. The number of nitrogens with zero attached hydrogens (tertiary/aromatic N) is 3. The Kier molecular flexibility index (Phi) is 6.83. The summed E-state index contributed by atoms with van der Waals surface area (Å²) in [5.41, 5.74) is 1.97. The van der Waals surface area contributed by atoms with Gasteiger partial charge >= 0.3 is 12.1 Å². The van der Waals surface area contributed by atoms with Crippen molar-refractivity contribution in [3.05, 3.63) is 53.6 Å². The minimum absolute atomic E-state index is 0.0250. The number of pyridine rings is 1. The fourth-order valence-electron chi connectivity index (χ4n) is 3.49. The van der Waals surface area contributed by atoms with Crippen molar-refractivity contribution in [2.24, 2.45) is 0 Å². The SMILES string of the molecule is CNC(=O)N1CCN(Cc2cccc(NC(=O)Nc3ccc(C)nc3)c2F)C[C@@H]1C. The molecule has 30 heavy (non-hydrogen) atoms. The molecule has 3 N–H and O–H groups in total. The molecule has 0 radical (unpaired) electrons. The fourth-order valence-corrected chi connectivity index (χ4v) is 3.49. The van der Waals surface area contributed by atoms with Crippen molar-refractivity contribution in [2.75, 3.05) is 37.3 Å². The molecule has 160 valence electrons. The first kappa shape index (κ1) is 21.5. The number of rotatable bonds is 4. The molecule has 0 unspecified atom stereocenters. The summed E-state index contributed by atoms with van der Waals surface area (Å²) in [6.45, 7) is 6.09. The van der Waals surface area contributed by atoms with Crippen LogP contribution in [0.25, 0.3) is 0 Å². The van der Waals surface area contributed by atoms with E-state index >= 15 is 0 Å². The van der Waals surface area contributed by atoms with E-state index in [4.69, 9.17) is 0 Å². The molecule has 1 aromatic heterocycles. The highest BCUT2D eigenvalue weighted by atomic mass is 19.1. The molecule has 9 heteroatoms. The second-order valence-corrected chi connectivity index (χ2v) is 7.38.